The summed E-state index contributed by atoms with van der Waals surface area (Å²) in [7, 11) is 0. The van der Waals surface area contributed by atoms with E-state index >= 15 is 0 Å². The summed E-state index contributed by atoms with van der Waals surface area (Å²) in [5.74, 6) is 6.12. The first-order chi connectivity index (χ1) is 13.3. The fourth-order valence-corrected chi connectivity index (χ4v) is 2.90. The van der Waals surface area contributed by atoms with Gasteiger partial charge in [0.25, 0.3) is 0 Å². The van der Waals surface area contributed by atoms with E-state index in [4.69, 9.17) is 0 Å². The van der Waals surface area contributed by atoms with Gasteiger partial charge in [0, 0.05) is 24.4 Å². The van der Waals surface area contributed by atoms with Crippen LogP contribution in [-0.4, -0.2) is 14.4 Å². The summed E-state index contributed by atoms with van der Waals surface area (Å²) in [5.41, 5.74) is 5.27. The van der Waals surface area contributed by atoms with Crippen molar-refractivity contribution in [3.8, 4) is 23.1 Å². The summed E-state index contributed by atoms with van der Waals surface area (Å²) in [4.78, 5) is 8.78. The lowest BCUT2D eigenvalue weighted by molar-refractivity contribution is 0.476. The Balaban J connectivity index is 1.40. The van der Waals surface area contributed by atoms with Crippen LogP contribution in [0.2, 0.25) is 0 Å². The van der Waals surface area contributed by atoms with Gasteiger partial charge in [-0.2, -0.15) is 0 Å². The number of halogens is 1. The molecule has 27 heavy (non-hydrogen) atoms. The molecule has 0 aliphatic rings. The normalized spacial score (nSPS) is 10.6. The second-order valence-corrected chi connectivity index (χ2v) is 6.24. The quantitative estimate of drug-likeness (QED) is 0.490. The van der Waals surface area contributed by atoms with Gasteiger partial charge < -0.3 is 4.40 Å². The highest BCUT2D eigenvalue weighted by Crippen LogP contribution is 2.20. The van der Waals surface area contributed by atoms with Crippen LogP contribution < -0.4 is 0 Å². The maximum absolute atomic E-state index is 12.6. The van der Waals surface area contributed by atoms with E-state index in [2.05, 4.69) is 46.1 Å². The number of hydrogen-bond acceptors (Lipinski definition) is 2. The van der Waals surface area contributed by atoms with Crippen LogP contribution in [0.3, 0.4) is 0 Å². The number of aryl methyl sites for hydroxylation is 1. The zero-order chi connectivity index (χ0) is 18.5. The third-order valence-electron chi connectivity index (χ3n) is 4.31. The third-order valence-corrected chi connectivity index (χ3v) is 4.31. The van der Waals surface area contributed by atoms with E-state index in [0.29, 0.717) is 11.4 Å². The second kappa shape index (κ2) is 7.84. The SMILES string of the molecule is FCc1cccc(C#CCCc2ccc(-c3cn4ccccc4n3)cc2)n1. The van der Waals surface area contributed by atoms with Gasteiger partial charge in [-0.1, -0.05) is 42.3 Å². The summed E-state index contributed by atoms with van der Waals surface area (Å²) in [5, 5.41) is 0. The molecule has 0 amide bonds. The number of fused-ring (bicyclic) bond motifs is 1. The van der Waals surface area contributed by atoms with Gasteiger partial charge in [0.05, 0.1) is 11.4 Å². The fraction of sp³-hybridized carbons (Fsp3) is 0.130. The van der Waals surface area contributed by atoms with Crippen molar-refractivity contribution in [3.05, 3.63) is 90.0 Å². The predicted octanol–water partition coefficient (Wildman–Crippen LogP) is 4.85. The van der Waals surface area contributed by atoms with Crippen LogP contribution in [0.15, 0.2) is 73.1 Å². The Kier molecular flexibility index (Phi) is 4.93. The lowest BCUT2D eigenvalue weighted by Crippen LogP contribution is -1.89. The van der Waals surface area contributed by atoms with Crippen molar-refractivity contribution in [1.29, 1.82) is 0 Å². The van der Waals surface area contributed by atoms with Gasteiger partial charge in [-0.3, -0.25) is 0 Å². The third kappa shape index (κ3) is 4.04. The van der Waals surface area contributed by atoms with Crippen molar-refractivity contribution in [2.75, 3.05) is 0 Å². The molecule has 0 atom stereocenters. The Labute approximate surface area is 157 Å². The van der Waals surface area contributed by atoms with E-state index in [1.165, 1.54) is 5.56 Å². The molecule has 4 aromatic rings. The highest BCUT2D eigenvalue weighted by Gasteiger charge is 2.03. The van der Waals surface area contributed by atoms with Crippen LogP contribution >= 0.6 is 0 Å². The standard InChI is InChI=1S/C23H18FN3/c24-16-21-9-5-8-20(25-21)7-2-1-6-18-11-13-19(14-12-18)22-17-27-15-4-3-10-23(27)26-22/h3-5,8-15,17H,1,6,16H2. The Bertz CT molecular complexity index is 1080. The van der Waals surface area contributed by atoms with Crippen LogP contribution in [0, 0.1) is 11.8 Å². The molecule has 0 saturated carbocycles. The molecular weight excluding hydrogens is 337 g/mol. The molecule has 1 aromatic carbocycles. The highest BCUT2D eigenvalue weighted by atomic mass is 19.1. The number of aromatic nitrogens is 3. The minimum Gasteiger partial charge on any atom is -0.306 e. The van der Waals surface area contributed by atoms with E-state index in [1.54, 1.807) is 18.2 Å². The summed E-state index contributed by atoms with van der Waals surface area (Å²) in [6, 6.07) is 19.6. The van der Waals surface area contributed by atoms with E-state index < -0.39 is 6.67 Å². The summed E-state index contributed by atoms with van der Waals surface area (Å²) >= 11 is 0. The van der Waals surface area contributed by atoms with Gasteiger partial charge in [-0.25, -0.2) is 14.4 Å². The lowest BCUT2D eigenvalue weighted by atomic mass is 10.1. The fourth-order valence-electron chi connectivity index (χ4n) is 2.90. The van der Waals surface area contributed by atoms with Crippen LogP contribution in [0.5, 0.6) is 0 Å². The van der Waals surface area contributed by atoms with Crippen molar-refractivity contribution in [2.24, 2.45) is 0 Å². The second-order valence-electron chi connectivity index (χ2n) is 6.24. The largest absolute Gasteiger partial charge is 0.306 e. The Morgan fingerprint density at radius 3 is 2.63 bits per heavy atom. The lowest BCUT2D eigenvalue weighted by Gasteiger charge is -2.00. The van der Waals surface area contributed by atoms with Gasteiger partial charge in [0.1, 0.15) is 18.0 Å². The number of benzene rings is 1. The zero-order valence-electron chi connectivity index (χ0n) is 14.8. The first kappa shape index (κ1) is 17.0. The Morgan fingerprint density at radius 1 is 0.926 bits per heavy atom. The molecule has 3 aromatic heterocycles. The van der Waals surface area contributed by atoms with Gasteiger partial charge in [0.15, 0.2) is 0 Å². The number of imidazole rings is 1. The summed E-state index contributed by atoms with van der Waals surface area (Å²) < 4.78 is 14.6. The maximum atomic E-state index is 12.6. The van der Waals surface area contributed by atoms with Crippen LogP contribution in [-0.2, 0) is 13.1 Å². The average molecular weight is 355 g/mol. The minimum absolute atomic E-state index is 0.421. The zero-order valence-corrected chi connectivity index (χ0v) is 14.8. The van der Waals surface area contributed by atoms with Crippen LogP contribution in [0.1, 0.15) is 23.4 Å². The van der Waals surface area contributed by atoms with E-state index in [-0.39, 0.29) is 0 Å². The monoisotopic (exact) mass is 355 g/mol. The average Bonchev–Trinajstić information content (AvgIpc) is 3.16. The van der Waals surface area contributed by atoms with E-state index in [9.17, 15) is 4.39 Å². The maximum Gasteiger partial charge on any atom is 0.137 e. The topological polar surface area (TPSA) is 30.2 Å². The molecule has 0 bridgehead atoms. The molecule has 4 rings (SSSR count). The Morgan fingerprint density at radius 2 is 1.81 bits per heavy atom. The van der Waals surface area contributed by atoms with Crippen LogP contribution in [0.4, 0.5) is 4.39 Å². The van der Waals surface area contributed by atoms with Crippen molar-refractivity contribution in [3.63, 3.8) is 0 Å². The number of rotatable bonds is 4. The van der Waals surface area contributed by atoms with Crippen molar-refractivity contribution < 1.29 is 4.39 Å². The first-order valence-electron chi connectivity index (χ1n) is 8.86. The number of nitrogens with zero attached hydrogens (tertiary/aromatic N) is 3. The van der Waals surface area contributed by atoms with Gasteiger partial charge in [0.2, 0.25) is 0 Å². The number of pyridine rings is 2. The molecule has 0 spiro atoms. The molecule has 132 valence electrons. The molecule has 0 N–H and O–H groups in total. The first-order valence-corrected chi connectivity index (χ1v) is 8.86. The number of hydrogen-bond donors (Lipinski definition) is 0. The summed E-state index contributed by atoms with van der Waals surface area (Å²) in [6.07, 6.45) is 5.63. The summed E-state index contributed by atoms with van der Waals surface area (Å²) in [6.45, 7) is -0.561. The molecule has 0 radical (unpaired) electrons. The molecule has 4 heteroatoms. The van der Waals surface area contributed by atoms with E-state index in [0.717, 1.165) is 29.7 Å². The smallest absolute Gasteiger partial charge is 0.137 e. The van der Waals surface area contributed by atoms with Gasteiger partial charge in [-0.05, 0) is 42.2 Å². The molecule has 3 nitrogen and oxygen atoms in total. The Hall–Kier alpha value is -3.45. The molecule has 0 aliphatic carbocycles. The highest BCUT2D eigenvalue weighted by molar-refractivity contribution is 5.62. The van der Waals surface area contributed by atoms with Gasteiger partial charge in [-0.15, -0.1) is 0 Å². The van der Waals surface area contributed by atoms with Crippen LogP contribution in [0.25, 0.3) is 16.9 Å². The molecule has 3 heterocycles. The molecule has 0 aliphatic heterocycles. The van der Waals surface area contributed by atoms with Crippen molar-refractivity contribution >= 4 is 5.65 Å². The molecule has 0 unspecified atom stereocenters. The molecular formula is C23H18FN3. The van der Waals surface area contributed by atoms with E-state index in [1.807, 2.05) is 35.0 Å². The minimum atomic E-state index is -0.561. The molecule has 0 saturated heterocycles. The predicted molar refractivity (Wildman–Crippen MR) is 105 cm³/mol. The van der Waals surface area contributed by atoms with Crippen molar-refractivity contribution in [2.45, 2.75) is 19.5 Å². The number of alkyl halides is 1. The van der Waals surface area contributed by atoms with Crippen molar-refractivity contribution in [1.82, 2.24) is 14.4 Å². The van der Waals surface area contributed by atoms with Gasteiger partial charge >= 0.3 is 0 Å². The molecule has 0 fully saturated rings.